The molecule has 0 saturated heterocycles. The van der Waals surface area contributed by atoms with E-state index < -0.39 is 30.4 Å². The molecule has 0 aliphatic carbocycles. The van der Waals surface area contributed by atoms with Crippen LogP contribution in [0.1, 0.15) is 39.6 Å². The molecule has 0 bridgehead atoms. The van der Waals surface area contributed by atoms with Gasteiger partial charge in [-0.3, -0.25) is 19.4 Å². The fourth-order valence-electron chi connectivity index (χ4n) is 4.80. The maximum absolute atomic E-state index is 13.2. The molecule has 13 heteroatoms. The topological polar surface area (TPSA) is 168 Å². The van der Waals surface area contributed by atoms with Gasteiger partial charge in [-0.15, -0.1) is 0 Å². The minimum atomic E-state index is -1.13. The number of rotatable bonds is 13. The Labute approximate surface area is 277 Å². The average molecular weight is 656 g/mol. The third kappa shape index (κ3) is 8.78. The van der Waals surface area contributed by atoms with Crippen LogP contribution >= 0.6 is 0 Å². The summed E-state index contributed by atoms with van der Waals surface area (Å²) < 4.78 is 15.9. The summed E-state index contributed by atoms with van der Waals surface area (Å²) in [5, 5.41) is 17.8. The lowest BCUT2D eigenvalue weighted by Crippen LogP contribution is -2.31. The van der Waals surface area contributed by atoms with Crippen molar-refractivity contribution in [1.82, 2.24) is 10.3 Å². The zero-order valence-electron chi connectivity index (χ0n) is 27.2. The molecule has 1 unspecified atom stereocenters. The summed E-state index contributed by atoms with van der Waals surface area (Å²) in [6.45, 7) is 1.89. The summed E-state index contributed by atoms with van der Waals surface area (Å²) in [4.78, 5) is 56.2. The highest BCUT2D eigenvalue weighted by Crippen LogP contribution is 2.29. The molecule has 4 amide bonds. The number of ether oxygens (including phenoxy) is 3. The van der Waals surface area contributed by atoms with E-state index in [1.54, 1.807) is 49.5 Å². The molecule has 0 saturated carbocycles. The lowest BCUT2D eigenvalue weighted by Gasteiger charge is -2.20. The number of aryl methyl sites for hydroxylation is 1. The van der Waals surface area contributed by atoms with Gasteiger partial charge in [0.15, 0.2) is 11.5 Å². The summed E-state index contributed by atoms with van der Waals surface area (Å²) in [6, 6.07) is 18.9. The van der Waals surface area contributed by atoms with E-state index in [4.69, 9.17) is 14.2 Å². The molecule has 4 aromatic rings. The predicted molar refractivity (Wildman–Crippen MR) is 180 cm³/mol. The van der Waals surface area contributed by atoms with Gasteiger partial charge in [0.2, 0.25) is 5.91 Å². The normalized spacial score (nSPS) is 11.1. The quantitative estimate of drug-likeness (QED) is 0.151. The second kappa shape index (κ2) is 15.9. The molecule has 48 heavy (non-hydrogen) atoms. The lowest BCUT2D eigenvalue weighted by molar-refractivity contribution is -0.137. The molecular weight excluding hydrogens is 618 g/mol. The standard InChI is InChI=1S/C35H37N5O8/c1-21-8-6-7-9-25(21)38-35(45)39-27-13-10-22(16-30(27)47-4)17-32(41)40(2)24-12-14-26(36-20-24)28(19-33(42)43)37-34(44)23-11-15-29(46-3)31(18-23)48-5/h6-16,18,20,28H,17,19H2,1-5H3,(H,37,44)(H,42,43)(H2,38,39,45). The van der Waals surface area contributed by atoms with E-state index in [1.807, 2.05) is 25.1 Å². The van der Waals surface area contributed by atoms with Gasteiger partial charge in [0.1, 0.15) is 5.75 Å². The van der Waals surface area contributed by atoms with Crippen molar-refractivity contribution in [2.75, 3.05) is 43.9 Å². The summed E-state index contributed by atoms with van der Waals surface area (Å²) in [5.74, 6) is -0.735. The van der Waals surface area contributed by atoms with Crippen molar-refractivity contribution >= 4 is 40.9 Å². The van der Waals surface area contributed by atoms with Crippen molar-refractivity contribution in [2.24, 2.45) is 0 Å². The first-order valence-electron chi connectivity index (χ1n) is 14.8. The number of aromatic nitrogens is 1. The van der Waals surface area contributed by atoms with Crippen molar-refractivity contribution < 1.29 is 38.5 Å². The van der Waals surface area contributed by atoms with Crippen LogP contribution in [0.4, 0.5) is 21.9 Å². The van der Waals surface area contributed by atoms with E-state index in [0.717, 1.165) is 5.56 Å². The van der Waals surface area contributed by atoms with E-state index in [1.165, 1.54) is 44.6 Å². The van der Waals surface area contributed by atoms with Crippen LogP contribution in [0, 0.1) is 6.92 Å². The zero-order chi connectivity index (χ0) is 34.8. The van der Waals surface area contributed by atoms with E-state index in [0.29, 0.717) is 45.6 Å². The number of aliphatic carboxylic acids is 1. The fraction of sp³-hybridized carbons (Fsp3) is 0.229. The molecule has 13 nitrogen and oxygen atoms in total. The van der Waals surface area contributed by atoms with Gasteiger partial charge in [-0.05, 0) is 66.6 Å². The van der Waals surface area contributed by atoms with Crippen LogP contribution in [0.25, 0.3) is 0 Å². The van der Waals surface area contributed by atoms with Gasteiger partial charge in [-0.1, -0.05) is 24.3 Å². The maximum atomic E-state index is 13.2. The molecule has 1 heterocycles. The Kier molecular flexibility index (Phi) is 11.5. The molecule has 0 radical (unpaired) electrons. The Morgan fingerprint density at radius 3 is 2.19 bits per heavy atom. The van der Waals surface area contributed by atoms with Gasteiger partial charge in [0.05, 0.1) is 63.5 Å². The van der Waals surface area contributed by atoms with Gasteiger partial charge in [0, 0.05) is 18.3 Å². The van der Waals surface area contributed by atoms with Gasteiger partial charge < -0.3 is 40.2 Å². The first-order chi connectivity index (χ1) is 23.0. The van der Waals surface area contributed by atoms with Crippen LogP contribution in [-0.2, 0) is 16.0 Å². The second-order valence-corrected chi connectivity index (χ2v) is 10.7. The maximum Gasteiger partial charge on any atom is 0.323 e. The summed E-state index contributed by atoms with van der Waals surface area (Å²) >= 11 is 0. The Bertz CT molecular complexity index is 1790. The van der Waals surface area contributed by atoms with Gasteiger partial charge in [0.25, 0.3) is 5.91 Å². The van der Waals surface area contributed by atoms with Crippen molar-refractivity contribution in [3.63, 3.8) is 0 Å². The Morgan fingerprint density at radius 1 is 0.833 bits per heavy atom. The van der Waals surface area contributed by atoms with Crippen LogP contribution in [0.3, 0.4) is 0 Å². The predicted octanol–water partition coefficient (Wildman–Crippen LogP) is 5.21. The highest BCUT2D eigenvalue weighted by atomic mass is 16.5. The smallest absolute Gasteiger partial charge is 0.323 e. The first kappa shape index (κ1) is 34.8. The number of benzene rings is 3. The number of methoxy groups -OCH3 is 3. The Morgan fingerprint density at radius 2 is 1.54 bits per heavy atom. The van der Waals surface area contributed by atoms with E-state index in [-0.39, 0.29) is 17.9 Å². The number of para-hydroxylation sites is 1. The monoisotopic (exact) mass is 655 g/mol. The molecule has 0 fully saturated rings. The Balaban J connectivity index is 1.41. The Hall–Kier alpha value is -6.11. The van der Waals surface area contributed by atoms with E-state index in [2.05, 4.69) is 20.9 Å². The number of anilines is 3. The highest BCUT2D eigenvalue weighted by Gasteiger charge is 2.22. The number of carboxylic acids is 1. The van der Waals surface area contributed by atoms with Crippen molar-refractivity contribution in [1.29, 1.82) is 0 Å². The van der Waals surface area contributed by atoms with Crippen molar-refractivity contribution in [2.45, 2.75) is 25.8 Å². The molecule has 4 N–H and O–H groups in total. The van der Waals surface area contributed by atoms with Gasteiger partial charge >= 0.3 is 12.0 Å². The van der Waals surface area contributed by atoms with E-state index >= 15 is 0 Å². The average Bonchev–Trinajstić information content (AvgIpc) is 3.08. The molecule has 1 aromatic heterocycles. The van der Waals surface area contributed by atoms with Crippen LogP contribution in [-0.4, -0.2) is 62.3 Å². The van der Waals surface area contributed by atoms with Crippen LogP contribution in [0.5, 0.6) is 17.2 Å². The first-order valence-corrected chi connectivity index (χ1v) is 14.8. The van der Waals surface area contributed by atoms with Crippen LogP contribution in [0.15, 0.2) is 79.0 Å². The molecule has 250 valence electrons. The lowest BCUT2D eigenvalue weighted by atomic mass is 10.1. The summed E-state index contributed by atoms with van der Waals surface area (Å²) in [5.41, 5.74) is 3.69. The van der Waals surface area contributed by atoms with Crippen molar-refractivity contribution in [3.8, 4) is 17.2 Å². The van der Waals surface area contributed by atoms with E-state index in [9.17, 15) is 24.3 Å². The van der Waals surface area contributed by atoms with Crippen molar-refractivity contribution in [3.05, 3.63) is 101 Å². The number of carboxylic acid groups (broad SMARTS) is 1. The summed E-state index contributed by atoms with van der Waals surface area (Å²) in [7, 11) is 5.99. The van der Waals surface area contributed by atoms with Gasteiger partial charge in [-0.2, -0.15) is 0 Å². The number of hydrogen-bond donors (Lipinski definition) is 4. The second-order valence-electron chi connectivity index (χ2n) is 10.7. The molecule has 0 aliphatic rings. The number of likely N-dealkylation sites (N-methyl/N-ethyl adjacent to an activating group) is 1. The molecule has 0 aliphatic heterocycles. The largest absolute Gasteiger partial charge is 0.495 e. The number of urea groups is 1. The van der Waals surface area contributed by atoms with Crippen LogP contribution in [0.2, 0.25) is 0 Å². The van der Waals surface area contributed by atoms with Crippen LogP contribution < -0.4 is 35.1 Å². The molecule has 0 spiro atoms. The molecule has 1 atom stereocenters. The molecular formula is C35H37N5O8. The minimum Gasteiger partial charge on any atom is -0.495 e. The number of carbonyl (C=O) groups is 4. The number of carbonyl (C=O) groups excluding carboxylic acids is 3. The fourth-order valence-corrected chi connectivity index (χ4v) is 4.80. The number of hydrogen-bond acceptors (Lipinski definition) is 8. The molecule has 3 aromatic carbocycles. The third-order valence-electron chi connectivity index (χ3n) is 7.48. The number of nitrogens with zero attached hydrogens (tertiary/aromatic N) is 2. The number of pyridine rings is 1. The zero-order valence-corrected chi connectivity index (χ0v) is 27.2. The number of amides is 4. The summed E-state index contributed by atoms with van der Waals surface area (Å²) in [6.07, 6.45) is 1.04. The highest BCUT2D eigenvalue weighted by molar-refractivity contribution is 6.01. The SMILES string of the molecule is COc1cc(CC(=O)N(C)c2ccc(C(CC(=O)O)NC(=O)c3ccc(OC)c(OC)c3)nc2)ccc1NC(=O)Nc1ccccc1C. The minimum absolute atomic E-state index is 0.0211. The number of nitrogens with one attached hydrogen (secondary N) is 3. The van der Waals surface area contributed by atoms with Gasteiger partial charge in [-0.25, -0.2) is 4.79 Å². The molecule has 4 rings (SSSR count). The third-order valence-corrected chi connectivity index (χ3v) is 7.48.